The summed E-state index contributed by atoms with van der Waals surface area (Å²) in [6, 6.07) is 0.562. The van der Waals surface area contributed by atoms with Crippen LogP contribution in [-0.4, -0.2) is 6.04 Å². The molecule has 2 aliphatic rings. The van der Waals surface area contributed by atoms with Gasteiger partial charge in [0, 0.05) is 6.04 Å². The molecule has 0 radical (unpaired) electrons. The summed E-state index contributed by atoms with van der Waals surface area (Å²) in [4.78, 5) is 0. The second-order valence-corrected chi connectivity index (χ2v) is 4.83. The third-order valence-electron chi connectivity index (χ3n) is 4.02. The zero-order chi connectivity index (χ0) is 8.60. The van der Waals surface area contributed by atoms with Crippen LogP contribution < -0.4 is 5.73 Å². The topological polar surface area (TPSA) is 26.0 Å². The molecule has 3 unspecified atom stereocenters. The predicted octanol–water partition coefficient (Wildman–Crippen LogP) is 2.69. The van der Waals surface area contributed by atoms with E-state index < -0.39 is 0 Å². The average molecular weight is 167 g/mol. The molecule has 2 N–H and O–H groups in total. The largest absolute Gasteiger partial charge is 0.327 e. The van der Waals surface area contributed by atoms with E-state index in [0.29, 0.717) is 6.04 Å². The van der Waals surface area contributed by atoms with Gasteiger partial charge in [0.1, 0.15) is 0 Å². The molecule has 0 spiro atoms. The zero-order valence-electron chi connectivity index (χ0n) is 8.18. The van der Waals surface area contributed by atoms with Gasteiger partial charge in [-0.1, -0.05) is 26.2 Å². The molecular weight excluding hydrogens is 146 g/mol. The third-order valence-corrected chi connectivity index (χ3v) is 4.02. The molecule has 2 aliphatic carbocycles. The van der Waals surface area contributed by atoms with Crippen molar-refractivity contribution in [3.8, 4) is 0 Å². The van der Waals surface area contributed by atoms with E-state index in [4.69, 9.17) is 5.73 Å². The Morgan fingerprint density at radius 2 is 2.25 bits per heavy atom. The van der Waals surface area contributed by atoms with E-state index in [1.807, 2.05) is 0 Å². The lowest BCUT2D eigenvalue weighted by Crippen LogP contribution is -2.18. The van der Waals surface area contributed by atoms with Crippen molar-refractivity contribution in [3.63, 3.8) is 0 Å². The maximum absolute atomic E-state index is 6.01. The molecule has 2 fully saturated rings. The summed E-state index contributed by atoms with van der Waals surface area (Å²) in [6.07, 6.45) is 9.88. The van der Waals surface area contributed by atoms with Crippen LogP contribution in [0.25, 0.3) is 0 Å². The van der Waals surface area contributed by atoms with Crippen LogP contribution in [0.2, 0.25) is 0 Å². The fraction of sp³-hybridized carbons (Fsp3) is 1.00. The Balaban J connectivity index is 1.75. The summed E-state index contributed by atoms with van der Waals surface area (Å²) in [5, 5.41) is 0. The highest BCUT2D eigenvalue weighted by Crippen LogP contribution is 2.65. The van der Waals surface area contributed by atoms with Gasteiger partial charge in [0.25, 0.3) is 0 Å². The second-order valence-electron chi connectivity index (χ2n) is 4.83. The molecule has 1 heteroatoms. The molecule has 0 heterocycles. The van der Waals surface area contributed by atoms with Crippen LogP contribution in [0, 0.1) is 11.3 Å². The third kappa shape index (κ3) is 1.28. The van der Waals surface area contributed by atoms with E-state index in [1.54, 1.807) is 0 Å². The highest BCUT2D eigenvalue weighted by atomic mass is 14.8. The monoisotopic (exact) mass is 167 g/mol. The normalized spacial score (nSPS) is 44.5. The van der Waals surface area contributed by atoms with Gasteiger partial charge in [0.05, 0.1) is 0 Å². The fourth-order valence-corrected chi connectivity index (χ4v) is 3.07. The van der Waals surface area contributed by atoms with Gasteiger partial charge < -0.3 is 5.73 Å². The van der Waals surface area contributed by atoms with Crippen LogP contribution in [0.5, 0.6) is 0 Å². The summed E-state index contributed by atoms with van der Waals surface area (Å²) in [7, 11) is 0. The summed E-state index contributed by atoms with van der Waals surface area (Å²) in [5.41, 5.74) is 6.77. The molecule has 2 saturated carbocycles. The molecule has 0 aromatic carbocycles. The average Bonchev–Trinajstić information content (AvgIpc) is 2.70. The smallest absolute Gasteiger partial charge is 0.00728 e. The van der Waals surface area contributed by atoms with Crippen molar-refractivity contribution >= 4 is 0 Å². The van der Waals surface area contributed by atoms with Gasteiger partial charge in [0.2, 0.25) is 0 Å². The van der Waals surface area contributed by atoms with Crippen LogP contribution in [0.4, 0.5) is 0 Å². The number of fused-ring (bicyclic) bond motifs is 1. The zero-order valence-corrected chi connectivity index (χ0v) is 8.18. The number of unbranched alkanes of at least 4 members (excludes halogenated alkanes) is 2. The summed E-state index contributed by atoms with van der Waals surface area (Å²) in [6.45, 7) is 2.28. The minimum absolute atomic E-state index is 0.562. The number of nitrogens with two attached hydrogens (primary N) is 1. The van der Waals surface area contributed by atoms with Crippen molar-refractivity contribution in [2.45, 2.75) is 57.9 Å². The molecule has 0 amide bonds. The molecule has 70 valence electrons. The minimum atomic E-state index is 0.562. The van der Waals surface area contributed by atoms with Crippen molar-refractivity contribution in [2.24, 2.45) is 17.1 Å². The van der Waals surface area contributed by atoms with Crippen molar-refractivity contribution in [1.82, 2.24) is 0 Å². The van der Waals surface area contributed by atoms with Crippen molar-refractivity contribution < 1.29 is 0 Å². The lowest BCUT2D eigenvalue weighted by molar-refractivity contribution is 0.420. The van der Waals surface area contributed by atoms with Crippen molar-refractivity contribution in [2.75, 3.05) is 0 Å². The molecule has 1 nitrogen and oxygen atoms in total. The fourth-order valence-electron chi connectivity index (χ4n) is 3.07. The first-order chi connectivity index (χ1) is 5.78. The molecule has 3 atom stereocenters. The lowest BCUT2D eigenvalue weighted by Gasteiger charge is -2.09. The number of hydrogen-bond acceptors (Lipinski definition) is 1. The van der Waals surface area contributed by atoms with E-state index in [1.165, 1.54) is 44.9 Å². The van der Waals surface area contributed by atoms with E-state index >= 15 is 0 Å². The van der Waals surface area contributed by atoms with Gasteiger partial charge in [-0.15, -0.1) is 0 Å². The van der Waals surface area contributed by atoms with Gasteiger partial charge in [-0.2, -0.15) is 0 Å². The maximum Gasteiger partial charge on any atom is 0.00728 e. The minimum Gasteiger partial charge on any atom is -0.327 e. The maximum atomic E-state index is 6.01. The van der Waals surface area contributed by atoms with Crippen LogP contribution in [0.3, 0.4) is 0 Å². The van der Waals surface area contributed by atoms with E-state index in [0.717, 1.165) is 11.3 Å². The SMILES string of the molecule is CCCCCC12CCC(N)C1C2. The van der Waals surface area contributed by atoms with Crippen LogP contribution in [0.15, 0.2) is 0 Å². The Bertz CT molecular complexity index is 166. The highest BCUT2D eigenvalue weighted by Gasteiger charge is 2.59. The molecular formula is C11H21N. The quantitative estimate of drug-likeness (QED) is 0.640. The van der Waals surface area contributed by atoms with E-state index in [-0.39, 0.29) is 0 Å². The summed E-state index contributed by atoms with van der Waals surface area (Å²) in [5.74, 6) is 0.925. The van der Waals surface area contributed by atoms with Crippen molar-refractivity contribution in [1.29, 1.82) is 0 Å². The molecule has 0 saturated heterocycles. The Kier molecular flexibility index (Phi) is 2.16. The molecule has 0 bridgehead atoms. The van der Waals surface area contributed by atoms with Gasteiger partial charge in [0.15, 0.2) is 0 Å². The van der Waals surface area contributed by atoms with Gasteiger partial charge in [-0.3, -0.25) is 0 Å². The van der Waals surface area contributed by atoms with Crippen LogP contribution in [0.1, 0.15) is 51.9 Å². The first-order valence-corrected chi connectivity index (χ1v) is 5.54. The summed E-state index contributed by atoms with van der Waals surface area (Å²) < 4.78 is 0. The highest BCUT2D eigenvalue weighted by molar-refractivity contribution is 5.11. The standard InChI is InChI=1S/C11H21N/c1-2-3-4-6-11-7-5-10(12)9(11)8-11/h9-10H,2-8,12H2,1H3. The van der Waals surface area contributed by atoms with Crippen molar-refractivity contribution in [3.05, 3.63) is 0 Å². The predicted molar refractivity (Wildman–Crippen MR) is 51.9 cm³/mol. The molecule has 0 aromatic heterocycles. The number of rotatable bonds is 4. The molecule has 12 heavy (non-hydrogen) atoms. The first-order valence-electron chi connectivity index (χ1n) is 5.54. The molecule has 0 aliphatic heterocycles. The van der Waals surface area contributed by atoms with Gasteiger partial charge >= 0.3 is 0 Å². The Labute approximate surface area is 75.7 Å². The Hall–Kier alpha value is -0.0400. The first kappa shape index (κ1) is 8.55. The Morgan fingerprint density at radius 1 is 1.42 bits per heavy atom. The van der Waals surface area contributed by atoms with Gasteiger partial charge in [-0.05, 0) is 37.0 Å². The molecule has 2 rings (SSSR count). The second kappa shape index (κ2) is 3.02. The van der Waals surface area contributed by atoms with E-state index in [9.17, 15) is 0 Å². The number of hydrogen-bond donors (Lipinski definition) is 1. The van der Waals surface area contributed by atoms with Crippen LogP contribution in [-0.2, 0) is 0 Å². The van der Waals surface area contributed by atoms with Crippen LogP contribution >= 0.6 is 0 Å². The Morgan fingerprint density at radius 3 is 2.75 bits per heavy atom. The summed E-state index contributed by atoms with van der Waals surface area (Å²) >= 11 is 0. The van der Waals surface area contributed by atoms with Gasteiger partial charge in [-0.25, -0.2) is 0 Å². The lowest BCUT2D eigenvalue weighted by atomic mass is 9.96. The van der Waals surface area contributed by atoms with E-state index in [2.05, 4.69) is 6.92 Å². The molecule has 0 aromatic rings.